The number of aliphatic hydroxyl groups excluding tert-OH is 8. The summed E-state index contributed by atoms with van der Waals surface area (Å²) in [6.07, 6.45) is 58.7. The zero-order chi connectivity index (χ0) is 60.9. The highest BCUT2D eigenvalue weighted by Gasteiger charge is 2.51. The van der Waals surface area contributed by atoms with Crippen LogP contribution in [0.3, 0.4) is 0 Å². The second-order valence-electron chi connectivity index (χ2n) is 23.2. The highest BCUT2D eigenvalue weighted by Crippen LogP contribution is 2.30. The fraction of sp³-hybridized carbons (Fsp3) is 0.757. The Morgan fingerprint density at radius 1 is 0.440 bits per heavy atom. The summed E-state index contributed by atoms with van der Waals surface area (Å²) >= 11 is 0. The van der Waals surface area contributed by atoms with Gasteiger partial charge in [-0.1, -0.05) is 259 Å². The minimum Gasteiger partial charge on any atom is -0.394 e. The molecule has 9 N–H and O–H groups in total. The zero-order valence-corrected chi connectivity index (χ0v) is 52.4. The molecule has 2 rings (SSSR count). The molecule has 84 heavy (non-hydrogen) atoms. The van der Waals surface area contributed by atoms with Gasteiger partial charge in [-0.25, -0.2) is 0 Å². The standard InChI is InChI=1S/C70H121NO13/c1-3-5-7-9-11-13-15-17-19-21-23-25-26-27-28-29-30-31-32-34-36-38-40-42-44-46-48-50-52-54-62(75)71-58(59(74)53-51-49-47-45-43-41-39-37-35-33-24-22-20-18-16-14-12-10-8-6-4-2)57-81-69-67(80)65(78)68(61(56-73)83-69)84-70-66(79)64(77)63(76)60(55-72)82-70/h5,7,11,13,17,19,23,25,27-28,30-31,34,36,51,53,58-61,63-70,72-74,76-80H,3-4,6,8-10,12,14-16,18,20-22,24,26,29,32-33,35,37-50,52,54-57H2,1-2H3,(H,71,75)/b7-5-,13-11-,19-17-,25-23-,28-27-,31-30-,36-34-,53-51+. The van der Waals surface area contributed by atoms with Crippen molar-refractivity contribution in [3.8, 4) is 0 Å². The molecule has 0 radical (unpaired) electrons. The molecule has 0 spiro atoms. The molecule has 0 aromatic heterocycles. The molecule has 14 nitrogen and oxygen atoms in total. The summed E-state index contributed by atoms with van der Waals surface area (Å²) in [5, 5.41) is 87.4. The average Bonchev–Trinajstić information content (AvgIpc) is 3.24. The van der Waals surface area contributed by atoms with E-state index in [2.05, 4.69) is 104 Å². The Bertz CT molecular complexity index is 1780. The number of ether oxygens (including phenoxy) is 4. The van der Waals surface area contributed by atoms with Crippen molar-refractivity contribution in [2.45, 2.75) is 319 Å². The highest BCUT2D eigenvalue weighted by atomic mass is 16.7. The molecule has 1 amide bonds. The molecule has 12 unspecified atom stereocenters. The van der Waals surface area contributed by atoms with Crippen LogP contribution < -0.4 is 5.32 Å². The van der Waals surface area contributed by atoms with E-state index in [9.17, 15) is 45.6 Å². The van der Waals surface area contributed by atoms with Crippen LogP contribution in [0, 0.1) is 0 Å². The highest BCUT2D eigenvalue weighted by molar-refractivity contribution is 5.76. The molecule has 0 aromatic carbocycles. The van der Waals surface area contributed by atoms with Crippen LogP contribution in [0.1, 0.15) is 245 Å². The van der Waals surface area contributed by atoms with Crippen LogP contribution >= 0.6 is 0 Å². The number of hydrogen-bond acceptors (Lipinski definition) is 13. The molecule has 2 aliphatic rings. The first-order chi connectivity index (χ1) is 41.1. The minimum absolute atomic E-state index is 0.253. The lowest BCUT2D eigenvalue weighted by Crippen LogP contribution is -2.65. The van der Waals surface area contributed by atoms with Gasteiger partial charge in [0.1, 0.15) is 48.8 Å². The van der Waals surface area contributed by atoms with Crippen molar-refractivity contribution < 1.29 is 64.6 Å². The van der Waals surface area contributed by atoms with Crippen LogP contribution in [0.2, 0.25) is 0 Å². The molecule has 12 atom stereocenters. The van der Waals surface area contributed by atoms with Crippen LogP contribution in [-0.2, 0) is 23.7 Å². The van der Waals surface area contributed by atoms with Crippen molar-refractivity contribution in [1.29, 1.82) is 0 Å². The van der Waals surface area contributed by atoms with Gasteiger partial charge in [0.05, 0.1) is 32.0 Å². The zero-order valence-electron chi connectivity index (χ0n) is 52.4. The van der Waals surface area contributed by atoms with E-state index in [0.717, 1.165) is 103 Å². The van der Waals surface area contributed by atoms with Gasteiger partial charge in [0, 0.05) is 6.42 Å². The summed E-state index contributed by atoms with van der Waals surface area (Å²) in [6.45, 7) is 2.69. The van der Waals surface area contributed by atoms with Crippen molar-refractivity contribution in [2.24, 2.45) is 0 Å². The quantitative estimate of drug-likeness (QED) is 0.0204. The van der Waals surface area contributed by atoms with E-state index in [1.54, 1.807) is 6.08 Å². The second kappa shape index (κ2) is 54.1. The molecule has 2 heterocycles. The molecule has 2 saturated heterocycles. The van der Waals surface area contributed by atoms with Crippen LogP contribution in [0.15, 0.2) is 97.2 Å². The van der Waals surface area contributed by atoms with Gasteiger partial charge in [0.2, 0.25) is 5.91 Å². The Morgan fingerprint density at radius 2 is 0.821 bits per heavy atom. The average molecular weight is 1180 g/mol. The molecule has 2 fully saturated rings. The maximum absolute atomic E-state index is 13.3. The lowest BCUT2D eigenvalue weighted by Gasteiger charge is -2.46. The number of allylic oxidation sites excluding steroid dienone is 15. The van der Waals surface area contributed by atoms with E-state index in [4.69, 9.17) is 18.9 Å². The van der Waals surface area contributed by atoms with Crippen molar-refractivity contribution in [3.63, 3.8) is 0 Å². The van der Waals surface area contributed by atoms with Crippen molar-refractivity contribution in [1.82, 2.24) is 5.32 Å². The van der Waals surface area contributed by atoms with Crippen LogP contribution in [0.25, 0.3) is 0 Å². The smallest absolute Gasteiger partial charge is 0.220 e. The fourth-order valence-corrected chi connectivity index (χ4v) is 10.4. The maximum Gasteiger partial charge on any atom is 0.220 e. The van der Waals surface area contributed by atoms with Gasteiger partial charge in [-0.15, -0.1) is 0 Å². The number of carbonyl (C=O) groups excluding carboxylic acids is 1. The largest absolute Gasteiger partial charge is 0.394 e. The van der Waals surface area contributed by atoms with E-state index in [1.807, 2.05) is 6.08 Å². The first-order valence-electron chi connectivity index (χ1n) is 33.5. The Morgan fingerprint density at radius 3 is 1.26 bits per heavy atom. The monoisotopic (exact) mass is 1180 g/mol. The van der Waals surface area contributed by atoms with Gasteiger partial charge in [0.15, 0.2) is 12.6 Å². The number of hydrogen-bond donors (Lipinski definition) is 9. The number of amides is 1. The predicted octanol–water partition coefficient (Wildman–Crippen LogP) is 13.0. The normalized spacial score (nSPS) is 24.3. The number of aliphatic hydroxyl groups is 8. The third-order valence-corrected chi connectivity index (χ3v) is 15.8. The molecule has 0 aliphatic carbocycles. The number of nitrogens with one attached hydrogen (secondary N) is 1. The Hall–Kier alpha value is -3.09. The summed E-state index contributed by atoms with van der Waals surface area (Å²) in [5.41, 5.74) is 0. The number of unbranched alkanes of at least 4 members (excludes halogenated alkanes) is 26. The van der Waals surface area contributed by atoms with Crippen LogP contribution in [0.5, 0.6) is 0 Å². The van der Waals surface area contributed by atoms with Gasteiger partial charge in [-0.2, -0.15) is 0 Å². The molecular formula is C70H121NO13. The van der Waals surface area contributed by atoms with Crippen molar-refractivity contribution in [3.05, 3.63) is 97.2 Å². The Labute approximate surface area is 509 Å². The summed E-state index contributed by atoms with van der Waals surface area (Å²) in [7, 11) is 0. The molecular weight excluding hydrogens is 1060 g/mol. The van der Waals surface area contributed by atoms with Crippen LogP contribution in [0.4, 0.5) is 0 Å². The third-order valence-electron chi connectivity index (χ3n) is 15.8. The van der Waals surface area contributed by atoms with E-state index in [0.29, 0.717) is 6.42 Å². The molecule has 0 saturated carbocycles. The van der Waals surface area contributed by atoms with Gasteiger partial charge < -0.3 is 65.1 Å². The SMILES string of the molecule is CC/C=C\C/C=C\C/C=C\C/C=C\C/C=C\C/C=C\C/C=C\CCCCCCCCCC(=O)NC(COC1OC(CO)C(OC2OC(CO)C(O)C(O)C2O)C(O)C1O)C(O)/C=C/CCCCCCCCCCCCCCCCCCCCC. The summed E-state index contributed by atoms with van der Waals surface area (Å²) in [5.74, 6) is -0.253. The molecule has 2 aliphatic heterocycles. The first kappa shape index (κ1) is 77.0. The Kier molecular flexibility index (Phi) is 49.6. The van der Waals surface area contributed by atoms with Gasteiger partial charge in [0.25, 0.3) is 0 Å². The molecule has 0 bridgehead atoms. The van der Waals surface area contributed by atoms with E-state index < -0.39 is 86.8 Å². The molecule has 0 aromatic rings. The van der Waals surface area contributed by atoms with Gasteiger partial charge >= 0.3 is 0 Å². The summed E-state index contributed by atoms with van der Waals surface area (Å²) in [6, 6.07) is -0.929. The minimum atomic E-state index is -1.79. The third kappa shape index (κ3) is 38.2. The fourth-order valence-electron chi connectivity index (χ4n) is 10.4. The number of rotatable bonds is 53. The Balaban J connectivity index is 1.72. The van der Waals surface area contributed by atoms with E-state index in [1.165, 1.54) is 116 Å². The lowest BCUT2D eigenvalue weighted by atomic mass is 9.97. The van der Waals surface area contributed by atoms with E-state index in [-0.39, 0.29) is 18.9 Å². The molecule has 14 heteroatoms. The molecule has 484 valence electrons. The predicted molar refractivity (Wildman–Crippen MR) is 341 cm³/mol. The topological polar surface area (TPSA) is 228 Å². The van der Waals surface area contributed by atoms with Crippen molar-refractivity contribution >= 4 is 5.91 Å². The van der Waals surface area contributed by atoms with Crippen LogP contribution in [-0.4, -0.2) is 140 Å². The van der Waals surface area contributed by atoms with Gasteiger partial charge in [-0.3, -0.25) is 4.79 Å². The summed E-state index contributed by atoms with van der Waals surface area (Å²) in [4.78, 5) is 13.3. The van der Waals surface area contributed by atoms with E-state index >= 15 is 0 Å². The maximum atomic E-state index is 13.3. The second-order valence-corrected chi connectivity index (χ2v) is 23.2. The number of carbonyl (C=O) groups is 1. The first-order valence-corrected chi connectivity index (χ1v) is 33.5. The van der Waals surface area contributed by atoms with Gasteiger partial charge in [-0.05, 0) is 77.0 Å². The lowest BCUT2D eigenvalue weighted by molar-refractivity contribution is -0.359. The van der Waals surface area contributed by atoms with Crippen molar-refractivity contribution in [2.75, 3.05) is 19.8 Å². The summed E-state index contributed by atoms with van der Waals surface area (Å²) < 4.78 is 22.8.